The van der Waals surface area contributed by atoms with Gasteiger partial charge < -0.3 is 5.32 Å². The van der Waals surface area contributed by atoms with Crippen molar-refractivity contribution >= 4 is 39.8 Å². The fraction of sp³-hybridized carbons (Fsp3) is 0.444. The van der Waals surface area contributed by atoms with Gasteiger partial charge in [0.15, 0.2) is 0 Å². The molecular weight excluding hydrogens is 297 g/mol. The van der Waals surface area contributed by atoms with Crippen molar-refractivity contribution in [3.8, 4) is 0 Å². The van der Waals surface area contributed by atoms with Gasteiger partial charge in [-0.2, -0.15) is 0 Å². The van der Waals surface area contributed by atoms with Crippen LogP contribution in [0.5, 0.6) is 0 Å². The summed E-state index contributed by atoms with van der Waals surface area (Å²) < 4.78 is 1.15. The third kappa shape index (κ3) is 3.27. The molecule has 1 aromatic heterocycles. The van der Waals surface area contributed by atoms with Crippen molar-refractivity contribution in [1.29, 1.82) is 0 Å². The van der Waals surface area contributed by atoms with Gasteiger partial charge in [-0.05, 0) is 42.0 Å². The van der Waals surface area contributed by atoms with Gasteiger partial charge in [-0.25, -0.2) is 0 Å². The molecule has 0 spiro atoms. The normalized spacial score (nSPS) is 12.5. The zero-order chi connectivity index (χ0) is 9.84. The third-order valence-corrected chi connectivity index (χ3v) is 3.61. The summed E-state index contributed by atoms with van der Waals surface area (Å²) in [6.45, 7) is 4.07. The molecule has 1 unspecified atom stereocenters. The van der Waals surface area contributed by atoms with Crippen LogP contribution in [0.1, 0.15) is 30.6 Å². The molecule has 1 heterocycles. The van der Waals surface area contributed by atoms with E-state index in [2.05, 4.69) is 34.8 Å². The molecule has 1 atom stereocenters. The van der Waals surface area contributed by atoms with Gasteiger partial charge in [0, 0.05) is 11.4 Å². The molecule has 4 heteroatoms. The third-order valence-electron chi connectivity index (χ3n) is 1.82. The highest BCUT2D eigenvalue weighted by Crippen LogP contribution is 2.16. The predicted molar refractivity (Wildman–Crippen MR) is 64.3 cm³/mol. The van der Waals surface area contributed by atoms with Crippen LogP contribution in [-0.2, 0) is 0 Å². The summed E-state index contributed by atoms with van der Waals surface area (Å²) in [5.41, 5.74) is 0.773. The van der Waals surface area contributed by atoms with E-state index in [1.165, 1.54) is 0 Å². The van der Waals surface area contributed by atoms with Crippen molar-refractivity contribution in [2.24, 2.45) is 0 Å². The number of thiophene rings is 1. The van der Waals surface area contributed by atoms with Crippen LogP contribution in [0.2, 0.25) is 0 Å². The van der Waals surface area contributed by atoms with Gasteiger partial charge in [0.2, 0.25) is 0 Å². The topological polar surface area (TPSA) is 29.1 Å². The van der Waals surface area contributed by atoms with Crippen LogP contribution in [0.3, 0.4) is 0 Å². The number of carbonyl (C=O) groups excluding carboxylic acids is 1. The Kier molecular flexibility index (Phi) is 4.18. The largest absolute Gasteiger partial charge is 0.350 e. The molecule has 0 bridgehead atoms. The van der Waals surface area contributed by atoms with Crippen molar-refractivity contribution in [3.63, 3.8) is 0 Å². The van der Waals surface area contributed by atoms with Crippen LogP contribution in [-0.4, -0.2) is 11.9 Å². The van der Waals surface area contributed by atoms with Crippen LogP contribution in [0.25, 0.3) is 0 Å². The molecule has 0 aliphatic rings. The zero-order valence-electron chi connectivity index (χ0n) is 7.63. The van der Waals surface area contributed by atoms with Gasteiger partial charge in [0.1, 0.15) is 0 Å². The fourth-order valence-corrected chi connectivity index (χ4v) is 2.16. The monoisotopic (exact) mass is 309 g/mol. The van der Waals surface area contributed by atoms with Crippen molar-refractivity contribution < 1.29 is 4.79 Å². The summed E-state index contributed by atoms with van der Waals surface area (Å²) in [6, 6.07) is 2.16. The molecule has 0 saturated heterocycles. The number of amides is 1. The SMILES string of the molecule is CCC(C)NC(=O)c1csc(I)c1. The summed E-state index contributed by atoms with van der Waals surface area (Å²) in [4.78, 5) is 11.5. The van der Waals surface area contributed by atoms with E-state index in [4.69, 9.17) is 0 Å². The Labute approximate surface area is 95.9 Å². The van der Waals surface area contributed by atoms with Crippen molar-refractivity contribution in [2.45, 2.75) is 26.3 Å². The highest BCUT2D eigenvalue weighted by molar-refractivity contribution is 14.1. The summed E-state index contributed by atoms with van der Waals surface area (Å²) in [5, 5.41) is 4.81. The first-order chi connectivity index (χ1) is 6.13. The van der Waals surface area contributed by atoms with Gasteiger partial charge in [-0.1, -0.05) is 6.92 Å². The number of hydrogen-bond acceptors (Lipinski definition) is 2. The van der Waals surface area contributed by atoms with Crippen LogP contribution < -0.4 is 5.32 Å². The minimum atomic E-state index is 0.0357. The molecule has 0 radical (unpaired) electrons. The molecule has 1 amide bonds. The Morgan fingerprint density at radius 1 is 1.77 bits per heavy atom. The Hall–Kier alpha value is -0.100. The molecule has 0 aliphatic heterocycles. The van der Waals surface area contributed by atoms with E-state index in [9.17, 15) is 4.79 Å². The lowest BCUT2D eigenvalue weighted by molar-refractivity contribution is 0.0939. The van der Waals surface area contributed by atoms with E-state index >= 15 is 0 Å². The lowest BCUT2D eigenvalue weighted by atomic mass is 10.2. The molecule has 1 rings (SSSR count). The Balaban J connectivity index is 2.58. The van der Waals surface area contributed by atoms with E-state index < -0.39 is 0 Å². The summed E-state index contributed by atoms with van der Waals surface area (Å²) in [5.74, 6) is 0.0357. The maximum absolute atomic E-state index is 11.5. The smallest absolute Gasteiger partial charge is 0.252 e. The fourth-order valence-electron chi connectivity index (χ4n) is 0.838. The highest BCUT2D eigenvalue weighted by Gasteiger charge is 2.09. The van der Waals surface area contributed by atoms with Crippen LogP contribution >= 0.6 is 33.9 Å². The number of rotatable bonds is 3. The van der Waals surface area contributed by atoms with Crippen molar-refractivity contribution in [3.05, 3.63) is 19.9 Å². The maximum Gasteiger partial charge on any atom is 0.252 e. The minimum absolute atomic E-state index is 0.0357. The first kappa shape index (κ1) is 11.0. The molecule has 0 fully saturated rings. The van der Waals surface area contributed by atoms with E-state index in [-0.39, 0.29) is 11.9 Å². The first-order valence-electron chi connectivity index (χ1n) is 4.18. The zero-order valence-corrected chi connectivity index (χ0v) is 10.6. The van der Waals surface area contributed by atoms with Crippen molar-refractivity contribution in [2.75, 3.05) is 0 Å². The van der Waals surface area contributed by atoms with Gasteiger partial charge in [0.05, 0.1) is 8.45 Å². The molecule has 1 aromatic rings. The molecule has 72 valence electrons. The number of hydrogen-bond donors (Lipinski definition) is 1. The van der Waals surface area contributed by atoms with Gasteiger partial charge in [-0.3, -0.25) is 4.79 Å². The second kappa shape index (κ2) is 4.95. The molecule has 0 aromatic carbocycles. The molecule has 0 saturated carbocycles. The molecule has 0 aliphatic carbocycles. The van der Waals surface area contributed by atoms with Crippen LogP contribution in [0.4, 0.5) is 0 Å². The number of nitrogens with one attached hydrogen (secondary N) is 1. The second-order valence-corrected chi connectivity index (χ2v) is 5.73. The van der Waals surface area contributed by atoms with E-state index in [0.717, 1.165) is 14.9 Å². The second-order valence-electron chi connectivity index (χ2n) is 2.92. The Morgan fingerprint density at radius 2 is 2.46 bits per heavy atom. The Bertz CT molecular complexity index is 298. The summed E-state index contributed by atoms with van der Waals surface area (Å²) in [6.07, 6.45) is 0.965. The lowest BCUT2D eigenvalue weighted by Gasteiger charge is -2.09. The standard InChI is InChI=1S/C9H12INOS/c1-3-6(2)11-9(12)7-4-8(10)13-5-7/h4-6H,3H2,1-2H3,(H,11,12). The minimum Gasteiger partial charge on any atom is -0.350 e. The molecule has 13 heavy (non-hydrogen) atoms. The molecule has 2 nitrogen and oxygen atoms in total. The van der Waals surface area contributed by atoms with Crippen LogP contribution in [0.15, 0.2) is 11.4 Å². The lowest BCUT2D eigenvalue weighted by Crippen LogP contribution is -2.31. The highest BCUT2D eigenvalue weighted by atomic mass is 127. The van der Waals surface area contributed by atoms with E-state index in [1.54, 1.807) is 11.3 Å². The number of carbonyl (C=O) groups is 1. The van der Waals surface area contributed by atoms with Gasteiger partial charge >= 0.3 is 0 Å². The summed E-state index contributed by atoms with van der Waals surface area (Å²) >= 11 is 3.81. The summed E-state index contributed by atoms with van der Waals surface area (Å²) in [7, 11) is 0. The maximum atomic E-state index is 11.5. The predicted octanol–water partition coefficient (Wildman–Crippen LogP) is 2.88. The quantitative estimate of drug-likeness (QED) is 0.855. The Morgan fingerprint density at radius 3 is 2.92 bits per heavy atom. The average Bonchev–Trinajstić information content (AvgIpc) is 2.51. The number of halogens is 1. The van der Waals surface area contributed by atoms with E-state index in [1.807, 2.05) is 18.4 Å². The van der Waals surface area contributed by atoms with Gasteiger partial charge in [-0.15, -0.1) is 11.3 Å². The molecule has 1 N–H and O–H groups in total. The van der Waals surface area contributed by atoms with Gasteiger partial charge in [0.25, 0.3) is 5.91 Å². The van der Waals surface area contributed by atoms with Crippen LogP contribution in [0, 0.1) is 2.88 Å². The molecular formula is C9H12INOS. The average molecular weight is 309 g/mol. The van der Waals surface area contributed by atoms with Crippen molar-refractivity contribution in [1.82, 2.24) is 5.32 Å². The van der Waals surface area contributed by atoms with E-state index in [0.29, 0.717) is 0 Å². The first-order valence-corrected chi connectivity index (χ1v) is 6.14.